The van der Waals surface area contributed by atoms with Crippen molar-refractivity contribution in [2.45, 2.75) is 31.0 Å². The zero-order valence-electron chi connectivity index (χ0n) is 10.7. The van der Waals surface area contributed by atoms with Crippen LogP contribution >= 0.6 is 11.8 Å². The molecular formula is C11H18N4O2S. The molecule has 1 atom stereocenters. The topological polar surface area (TPSA) is 69.2 Å². The van der Waals surface area contributed by atoms with E-state index in [2.05, 4.69) is 20.3 Å². The summed E-state index contributed by atoms with van der Waals surface area (Å²) in [7, 11) is 1.78. The molecule has 0 aliphatic carbocycles. The molecule has 1 aliphatic rings. The maximum Gasteiger partial charge on any atom is 0.322 e. The van der Waals surface area contributed by atoms with Gasteiger partial charge in [-0.25, -0.2) is 0 Å². The van der Waals surface area contributed by atoms with E-state index in [1.165, 1.54) is 0 Å². The van der Waals surface area contributed by atoms with Gasteiger partial charge < -0.3 is 14.8 Å². The van der Waals surface area contributed by atoms with Gasteiger partial charge in [-0.2, -0.15) is 15.0 Å². The number of aromatic nitrogens is 3. The molecule has 0 saturated carbocycles. The van der Waals surface area contributed by atoms with Crippen LogP contribution in [0, 0.1) is 0 Å². The first-order valence-electron chi connectivity index (χ1n) is 6.13. The number of nitrogens with one attached hydrogen (secondary N) is 1. The molecule has 18 heavy (non-hydrogen) atoms. The number of nitrogens with zero attached hydrogens (tertiary/aromatic N) is 3. The Hall–Kier alpha value is -1.08. The Morgan fingerprint density at radius 2 is 2.33 bits per heavy atom. The van der Waals surface area contributed by atoms with E-state index in [4.69, 9.17) is 9.47 Å². The summed E-state index contributed by atoms with van der Waals surface area (Å²) in [6.07, 6.45) is 2.59. The van der Waals surface area contributed by atoms with Gasteiger partial charge in [0.1, 0.15) is 0 Å². The van der Waals surface area contributed by atoms with Crippen LogP contribution < -0.4 is 10.1 Å². The van der Waals surface area contributed by atoms with E-state index < -0.39 is 0 Å². The highest BCUT2D eigenvalue weighted by molar-refractivity contribution is 7.99. The Morgan fingerprint density at radius 3 is 3.00 bits per heavy atom. The number of anilines is 1. The van der Waals surface area contributed by atoms with Gasteiger partial charge in [0, 0.05) is 19.4 Å². The minimum atomic E-state index is 0.320. The second kappa shape index (κ2) is 6.75. The van der Waals surface area contributed by atoms with Crippen molar-refractivity contribution in [3.05, 3.63) is 0 Å². The SMILES string of the molecule is CCOc1nc(NC)nc(SCC2CCCO2)n1. The monoisotopic (exact) mass is 270 g/mol. The molecule has 0 radical (unpaired) electrons. The lowest BCUT2D eigenvalue weighted by atomic mass is 10.3. The fraction of sp³-hybridized carbons (Fsp3) is 0.727. The summed E-state index contributed by atoms with van der Waals surface area (Å²) in [5.74, 6) is 1.40. The van der Waals surface area contributed by atoms with Crippen LogP contribution in [0.4, 0.5) is 5.95 Å². The molecule has 1 saturated heterocycles. The lowest BCUT2D eigenvalue weighted by Crippen LogP contribution is -2.09. The number of hydrogen-bond donors (Lipinski definition) is 1. The van der Waals surface area contributed by atoms with Crippen molar-refractivity contribution in [3.8, 4) is 6.01 Å². The highest BCUT2D eigenvalue weighted by atomic mass is 32.2. The normalized spacial score (nSPS) is 18.9. The quantitative estimate of drug-likeness (QED) is 0.787. The summed E-state index contributed by atoms with van der Waals surface area (Å²) in [6, 6.07) is 0.367. The molecule has 7 heteroatoms. The molecule has 0 amide bonds. The summed E-state index contributed by atoms with van der Waals surface area (Å²) < 4.78 is 10.9. The van der Waals surface area contributed by atoms with Gasteiger partial charge in [-0.15, -0.1) is 0 Å². The second-order valence-corrected chi connectivity index (χ2v) is 4.84. The fourth-order valence-corrected chi connectivity index (χ4v) is 2.54. The van der Waals surface area contributed by atoms with Crippen molar-refractivity contribution >= 4 is 17.7 Å². The highest BCUT2D eigenvalue weighted by Crippen LogP contribution is 2.22. The molecule has 0 spiro atoms. The van der Waals surface area contributed by atoms with Gasteiger partial charge in [0.25, 0.3) is 0 Å². The minimum absolute atomic E-state index is 0.320. The van der Waals surface area contributed by atoms with Crippen LogP contribution in [-0.2, 0) is 4.74 Å². The zero-order chi connectivity index (χ0) is 12.8. The number of thioether (sulfide) groups is 1. The van der Waals surface area contributed by atoms with Crippen molar-refractivity contribution in [2.75, 3.05) is 31.3 Å². The third-order valence-electron chi connectivity index (χ3n) is 2.51. The van der Waals surface area contributed by atoms with Gasteiger partial charge in [-0.3, -0.25) is 0 Å². The van der Waals surface area contributed by atoms with Crippen molar-refractivity contribution in [1.29, 1.82) is 0 Å². The standard InChI is InChI=1S/C11H18N4O2S/c1-3-16-10-13-9(12-2)14-11(15-10)18-7-8-5-4-6-17-8/h8H,3-7H2,1-2H3,(H,12,13,14,15). The maximum absolute atomic E-state index is 5.57. The van der Waals surface area contributed by atoms with Gasteiger partial charge in [0.15, 0.2) is 5.16 Å². The van der Waals surface area contributed by atoms with Gasteiger partial charge >= 0.3 is 6.01 Å². The molecule has 2 rings (SSSR count). The first kappa shape index (κ1) is 13.4. The molecule has 1 aliphatic heterocycles. The van der Waals surface area contributed by atoms with Crippen molar-refractivity contribution < 1.29 is 9.47 Å². The van der Waals surface area contributed by atoms with Gasteiger partial charge in [0.05, 0.1) is 12.7 Å². The summed E-state index contributed by atoms with van der Waals surface area (Å²) in [5, 5.41) is 3.58. The van der Waals surface area contributed by atoms with Crippen molar-refractivity contribution in [2.24, 2.45) is 0 Å². The summed E-state index contributed by atoms with van der Waals surface area (Å²) in [4.78, 5) is 12.7. The van der Waals surface area contributed by atoms with E-state index in [0.29, 0.717) is 29.8 Å². The first-order chi connectivity index (χ1) is 8.81. The highest BCUT2D eigenvalue weighted by Gasteiger charge is 2.17. The number of ether oxygens (including phenoxy) is 2. The molecular weight excluding hydrogens is 252 g/mol. The Morgan fingerprint density at radius 1 is 1.44 bits per heavy atom. The van der Waals surface area contributed by atoms with Crippen LogP contribution in [-0.4, -0.2) is 47.1 Å². The summed E-state index contributed by atoms with van der Waals surface area (Å²) in [6.45, 7) is 3.32. The third-order valence-corrected chi connectivity index (χ3v) is 3.49. The first-order valence-corrected chi connectivity index (χ1v) is 7.11. The predicted octanol–water partition coefficient (Wildman–Crippen LogP) is 1.58. The molecule has 100 valence electrons. The van der Waals surface area contributed by atoms with Gasteiger partial charge in [-0.05, 0) is 19.8 Å². The van der Waals surface area contributed by atoms with Crippen molar-refractivity contribution in [3.63, 3.8) is 0 Å². The van der Waals surface area contributed by atoms with Crippen molar-refractivity contribution in [1.82, 2.24) is 15.0 Å². The Kier molecular flexibility index (Phi) is 5.00. The molecule has 1 aromatic rings. The van der Waals surface area contributed by atoms with E-state index in [0.717, 1.165) is 25.2 Å². The molecule has 0 aromatic carbocycles. The van der Waals surface area contributed by atoms with Crippen LogP contribution in [0.1, 0.15) is 19.8 Å². The number of hydrogen-bond acceptors (Lipinski definition) is 7. The molecule has 1 aromatic heterocycles. The molecule has 2 heterocycles. The van der Waals surface area contributed by atoms with E-state index in [9.17, 15) is 0 Å². The maximum atomic E-state index is 5.57. The van der Waals surface area contributed by atoms with E-state index in [1.54, 1.807) is 18.8 Å². The lowest BCUT2D eigenvalue weighted by molar-refractivity contribution is 0.129. The lowest BCUT2D eigenvalue weighted by Gasteiger charge is -2.09. The molecule has 1 unspecified atom stereocenters. The van der Waals surface area contributed by atoms with E-state index in [1.807, 2.05) is 6.92 Å². The van der Waals surface area contributed by atoms with Crippen LogP contribution in [0.3, 0.4) is 0 Å². The minimum Gasteiger partial charge on any atom is -0.464 e. The number of rotatable bonds is 6. The van der Waals surface area contributed by atoms with Crippen LogP contribution in [0.25, 0.3) is 0 Å². The fourth-order valence-electron chi connectivity index (χ4n) is 1.65. The Balaban J connectivity index is 1.98. The summed E-state index contributed by atoms with van der Waals surface area (Å²) >= 11 is 1.58. The summed E-state index contributed by atoms with van der Waals surface area (Å²) in [5.41, 5.74) is 0. The van der Waals surface area contributed by atoms with E-state index >= 15 is 0 Å². The Bertz CT molecular complexity index is 385. The van der Waals surface area contributed by atoms with Crippen LogP contribution in [0.5, 0.6) is 6.01 Å². The molecule has 1 N–H and O–H groups in total. The van der Waals surface area contributed by atoms with Crippen LogP contribution in [0.2, 0.25) is 0 Å². The molecule has 1 fully saturated rings. The average molecular weight is 270 g/mol. The van der Waals surface area contributed by atoms with Crippen LogP contribution in [0.15, 0.2) is 5.16 Å². The van der Waals surface area contributed by atoms with Gasteiger partial charge in [-0.1, -0.05) is 11.8 Å². The smallest absolute Gasteiger partial charge is 0.322 e. The van der Waals surface area contributed by atoms with E-state index in [-0.39, 0.29) is 0 Å². The molecule has 6 nitrogen and oxygen atoms in total. The largest absolute Gasteiger partial charge is 0.464 e. The van der Waals surface area contributed by atoms with Gasteiger partial charge in [0.2, 0.25) is 5.95 Å². The second-order valence-electron chi connectivity index (χ2n) is 3.85. The molecule has 0 bridgehead atoms. The third kappa shape index (κ3) is 3.71. The predicted molar refractivity (Wildman–Crippen MR) is 70.2 cm³/mol. The Labute approximate surface area is 111 Å². The average Bonchev–Trinajstić information content (AvgIpc) is 2.89. The zero-order valence-corrected chi connectivity index (χ0v) is 11.5.